The SMILES string of the molecule is CNS(=O)(=O)c1ccc(C=CC(=O)Nc2ccc(-n3nc(C)cc3C)c(F)c2)cc1. The molecule has 0 saturated carbocycles. The van der Waals surface area contributed by atoms with Crippen LogP contribution >= 0.6 is 0 Å². The van der Waals surface area contributed by atoms with Crippen molar-refractivity contribution in [1.82, 2.24) is 14.5 Å². The lowest BCUT2D eigenvalue weighted by Gasteiger charge is -2.08. The van der Waals surface area contributed by atoms with Crippen LogP contribution in [-0.2, 0) is 14.8 Å². The summed E-state index contributed by atoms with van der Waals surface area (Å²) in [5, 5.41) is 6.85. The number of nitrogens with one attached hydrogen (secondary N) is 2. The van der Waals surface area contributed by atoms with Crippen LogP contribution in [0.1, 0.15) is 17.0 Å². The minimum Gasteiger partial charge on any atom is -0.322 e. The summed E-state index contributed by atoms with van der Waals surface area (Å²) in [5.74, 6) is -0.954. The van der Waals surface area contributed by atoms with E-state index in [-0.39, 0.29) is 4.90 Å². The number of amides is 1. The number of carbonyl (C=O) groups excluding carboxylic acids is 1. The van der Waals surface area contributed by atoms with Gasteiger partial charge in [0.05, 0.1) is 10.6 Å². The summed E-state index contributed by atoms with van der Waals surface area (Å²) in [4.78, 5) is 12.3. The third-order valence-corrected chi connectivity index (χ3v) is 5.77. The van der Waals surface area contributed by atoms with Gasteiger partial charge < -0.3 is 5.32 Å². The van der Waals surface area contributed by atoms with Crippen molar-refractivity contribution in [2.24, 2.45) is 0 Å². The second-order valence-corrected chi connectivity index (χ2v) is 8.49. The van der Waals surface area contributed by atoms with Crippen molar-refractivity contribution in [3.8, 4) is 5.69 Å². The standard InChI is InChI=1S/C21H21FN4O3S/c1-14-12-15(2)26(25-14)20-10-7-17(13-19(20)22)24-21(27)11-6-16-4-8-18(9-5-16)30(28,29)23-3/h4-13,23H,1-3H3,(H,24,27). The molecule has 0 aliphatic rings. The van der Waals surface area contributed by atoms with Crippen LogP contribution in [0.3, 0.4) is 0 Å². The highest BCUT2D eigenvalue weighted by Gasteiger charge is 2.11. The maximum absolute atomic E-state index is 14.5. The second-order valence-electron chi connectivity index (χ2n) is 6.60. The van der Waals surface area contributed by atoms with Crippen LogP contribution in [0.5, 0.6) is 0 Å². The van der Waals surface area contributed by atoms with Gasteiger partial charge in [-0.15, -0.1) is 0 Å². The molecule has 0 atom stereocenters. The molecule has 2 aromatic carbocycles. The van der Waals surface area contributed by atoms with Gasteiger partial charge in [0.15, 0.2) is 5.82 Å². The lowest BCUT2D eigenvalue weighted by Crippen LogP contribution is -2.18. The molecule has 0 saturated heterocycles. The number of hydrogen-bond donors (Lipinski definition) is 2. The average molecular weight is 428 g/mol. The van der Waals surface area contributed by atoms with E-state index in [0.29, 0.717) is 16.9 Å². The molecule has 9 heteroatoms. The van der Waals surface area contributed by atoms with Crippen LogP contribution in [0, 0.1) is 19.7 Å². The summed E-state index contributed by atoms with van der Waals surface area (Å²) in [6.07, 6.45) is 2.82. The number of sulfonamides is 1. The number of aromatic nitrogens is 2. The molecule has 3 rings (SSSR count). The Hall–Kier alpha value is -3.30. The Balaban J connectivity index is 1.69. The molecule has 0 fully saturated rings. The summed E-state index contributed by atoms with van der Waals surface area (Å²) in [6, 6.07) is 12.3. The van der Waals surface area contributed by atoms with Gasteiger partial charge in [-0.1, -0.05) is 12.1 Å². The maximum atomic E-state index is 14.5. The number of rotatable bonds is 6. The number of anilines is 1. The van der Waals surface area contributed by atoms with Crippen molar-refractivity contribution in [1.29, 1.82) is 0 Å². The third kappa shape index (κ3) is 4.81. The molecule has 0 spiro atoms. The molecule has 2 N–H and O–H groups in total. The third-order valence-electron chi connectivity index (χ3n) is 4.34. The molecular weight excluding hydrogens is 407 g/mol. The van der Waals surface area contributed by atoms with Gasteiger partial charge in [-0.3, -0.25) is 4.79 Å². The monoisotopic (exact) mass is 428 g/mol. The molecule has 30 heavy (non-hydrogen) atoms. The molecule has 7 nitrogen and oxygen atoms in total. The van der Waals surface area contributed by atoms with Gasteiger partial charge in [-0.25, -0.2) is 22.2 Å². The Morgan fingerprint density at radius 1 is 1.10 bits per heavy atom. The molecule has 3 aromatic rings. The minimum atomic E-state index is -3.51. The highest BCUT2D eigenvalue weighted by Crippen LogP contribution is 2.20. The number of nitrogens with zero attached hydrogens (tertiary/aromatic N) is 2. The normalized spacial score (nSPS) is 11.7. The molecule has 0 unspecified atom stereocenters. The van der Waals surface area contributed by atoms with Gasteiger partial charge in [-0.2, -0.15) is 5.10 Å². The molecule has 0 radical (unpaired) electrons. The van der Waals surface area contributed by atoms with Gasteiger partial charge in [0.25, 0.3) is 0 Å². The topological polar surface area (TPSA) is 93.1 Å². The predicted molar refractivity (Wildman–Crippen MR) is 113 cm³/mol. The van der Waals surface area contributed by atoms with E-state index in [2.05, 4.69) is 15.1 Å². The predicted octanol–water partition coefficient (Wildman–Crippen LogP) is 3.19. The number of aryl methyl sites for hydroxylation is 2. The number of benzene rings is 2. The molecule has 1 amide bonds. The second kappa shape index (κ2) is 8.60. The highest BCUT2D eigenvalue weighted by atomic mass is 32.2. The Morgan fingerprint density at radius 3 is 2.37 bits per heavy atom. The zero-order valence-electron chi connectivity index (χ0n) is 16.7. The fraction of sp³-hybridized carbons (Fsp3) is 0.143. The zero-order valence-corrected chi connectivity index (χ0v) is 17.5. The van der Waals surface area contributed by atoms with Gasteiger partial charge >= 0.3 is 0 Å². The van der Waals surface area contributed by atoms with Gasteiger partial charge in [0, 0.05) is 17.5 Å². The van der Waals surface area contributed by atoms with Crippen LogP contribution in [0.25, 0.3) is 11.8 Å². The lowest BCUT2D eigenvalue weighted by molar-refractivity contribution is -0.111. The van der Waals surface area contributed by atoms with Crippen molar-refractivity contribution in [3.05, 3.63) is 77.4 Å². The van der Waals surface area contributed by atoms with E-state index in [1.807, 2.05) is 19.9 Å². The van der Waals surface area contributed by atoms with E-state index in [4.69, 9.17) is 0 Å². The fourth-order valence-corrected chi connectivity index (χ4v) is 3.59. The molecule has 0 aliphatic carbocycles. The zero-order chi connectivity index (χ0) is 21.9. The summed E-state index contributed by atoms with van der Waals surface area (Å²) in [7, 11) is -2.18. The Morgan fingerprint density at radius 2 is 1.80 bits per heavy atom. The summed E-state index contributed by atoms with van der Waals surface area (Å²) < 4.78 is 41.7. The maximum Gasteiger partial charge on any atom is 0.248 e. The Labute approximate surface area is 174 Å². The van der Waals surface area contributed by atoms with Crippen molar-refractivity contribution in [2.75, 3.05) is 12.4 Å². The summed E-state index contributed by atoms with van der Waals surface area (Å²) in [5.41, 5.74) is 2.84. The number of halogens is 1. The average Bonchev–Trinajstić information content (AvgIpc) is 3.04. The van der Waals surface area contributed by atoms with E-state index in [9.17, 15) is 17.6 Å². The van der Waals surface area contributed by atoms with E-state index in [0.717, 1.165) is 11.4 Å². The molecule has 1 heterocycles. The van der Waals surface area contributed by atoms with Crippen LogP contribution in [0.15, 0.2) is 59.5 Å². The van der Waals surface area contributed by atoms with E-state index in [1.165, 1.54) is 42.1 Å². The largest absolute Gasteiger partial charge is 0.322 e. The number of carbonyl (C=O) groups is 1. The summed E-state index contributed by atoms with van der Waals surface area (Å²) in [6.45, 7) is 3.66. The van der Waals surface area contributed by atoms with Crippen LogP contribution in [0.2, 0.25) is 0 Å². The van der Waals surface area contributed by atoms with Crippen LogP contribution in [-0.4, -0.2) is 31.2 Å². The quantitative estimate of drug-likeness (QED) is 0.590. The molecule has 1 aromatic heterocycles. The fourth-order valence-electron chi connectivity index (χ4n) is 2.86. The van der Waals surface area contributed by atoms with Crippen molar-refractivity contribution in [2.45, 2.75) is 18.7 Å². The molecule has 0 bridgehead atoms. The van der Waals surface area contributed by atoms with Crippen LogP contribution < -0.4 is 10.0 Å². The van der Waals surface area contributed by atoms with Gasteiger partial charge in [-0.05, 0) is 68.9 Å². The Kier molecular flexibility index (Phi) is 6.14. The van der Waals surface area contributed by atoms with Crippen molar-refractivity contribution < 1.29 is 17.6 Å². The smallest absolute Gasteiger partial charge is 0.248 e. The highest BCUT2D eigenvalue weighted by molar-refractivity contribution is 7.89. The first kappa shape index (κ1) is 21.4. The minimum absolute atomic E-state index is 0.129. The van der Waals surface area contributed by atoms with E-state index < -0.39 is 21.7 Å². The van der Waals surface area contributed by atoms with Gasteiger partial charge in [0.2, 0.25) is 15.9 Å². The van der Waals surface area contributed by atoms with E-state index >= 15 is 0 Å². The lowest BCUT2D eigenvalue weighted by atomic mass is 10.2. The Bertz CT molecular complexity index is 1220. The van der Waals surface area contributed by atoms with E-state index in [1.54, 1.807) is 24.3 Å². The van der Waals surface area contributed by atoms with Crippen molar-refractivity contribution in [3.63, 3.8) is 0 Å². The van der Waals surface area contributed by atoms with Gasteiger partial charge in [0.1, 0.15) is 5.69 Å². The van der Waals surface area contributed by atoms with Crippen molar-refractivity contribution >= 4 is 27.7 Å². The first-order valence-corrected chi connectivity index (χ1v) is 10.5. The molecule has 156 valence electrons. The first-order chi connectivity index (χ1) is 14.2. The molecular formula is C21H21FN4O3S. The van der Waals surface area contributed by atoms with Crippen LogP contribution in [0.4, 0.5) is 10.1 Å². The first-order valence-electron chi connectivity index (χ1n) is 9.05. The summed E-state index contributed by atoms with van der Waals surface area (Å²) >= 11 is 0. The number of hydrogen-bond acceptors (Lipinski definition) is 4. The molecule has 0 aliphatic heterocycles.